The third kappa shape index (κ3) is 4.64. The molecule has 9 heavy (non-hydrogen) atoms. The van der Waals surface area contributed by atoms with E-state index in [4.69, 9.17) is 9.05 Å². The summed E-state index contributed by atoms with van der Waals surface area (Å²) >= 11 is 0. The Morgan fingerprint density at radius 1 is 1.33 bits per heavy atom. The quantitative estimate of drug-likeness (QED) is 0.580. The van der Waals surface area contributed by atoms with Crippen LogP contribution in [0.4, 0.5) is 0 Å². The molecule has 0 saturated heterocycles. The smallest absolute Gasteiger partial charge is 0.309 e. The molecule has 4 heteroatoms. The van der Waals surface area contributed by atoms with Crippen LogP contribution in [0.5, 0.6) is 0 Å². The molecule has 0 aliphatic heterocycles. The molecule has 0 amide bonds. The first-order valence-electron chi connectivity index (χ1n) is 2.99. The second-order valence-electron chi connectivity index (χ2n) is 1.61. The zero-order valence-electron chi connectivity index (χ0n) is 6.09. The SMILES string of the molecule is CCOP([14CH3])(=O)OCC. The van der Waals surface area contributed by atoms with E-state index in [2.05, 4.69) is 0 Å². The molecule has 0 bridgehead atoms. The lowest BCUT2D eigenvalue weighted by Gasteiger charge is -2.10. The lowest BCUT2D eigenvalue weighted by molar-refractivity contribution is 0.225. The van der Waals surface area contributed by atoms with Crippen molar-refractivity contribution >= 4 is 7.60 Å². The van der Waals surface area contributed by atoms with Crippen LogP contribution in [0.1, 0.15) is 13.8 Å². The average Bonchev–Trinajstić information content (AvgIpc) is 1.64. The number of hydrogen-bond donors (Lipinski definition) is 0. The molecule has 0 aromatic carbocycles. The van der Waals surface area contributed by atoms with Crippen molar-refractivity contribution in [3.8, 4) is 0 Å². The molecule has 3 nitrogen and oxygen atoms in total. The van der Waals surface area contributed by atoms with Gasteiger partial charge in [0.25, 0.3) is 0 Å². The molecule has 0 atom stereocenters. The fourth-order valence-electron chi connectivity index (χ4n) is 0.506. The summed E-state index contributed by atoms with van der Waals surface area (Å²) in [5.74, 6) is 0. The first kappa shape index (κ1) is 9.15. The molecule has 0 saturated carbocycles. The van der Waals surface area contributed by atoms with Crippen LogP contribution < -0.4 is 0 Å². The van der Waals surface area contributed by atoms with Crippen LogP contribution in [-0.2, 0) is 13.6 Å². The van der Waals surface area contributed by atoms with Gasteiger partial charge in [0, 0.05) is 6.66 Å². The second kappa shape index (κ2) is 4.04. The van der Waals surface area contributed by atoms with Gasteiger partial charge in [-0.1, -0.05) is 0 Å². The molecule has 0 spiro atoms. The Morgan fingerprint density at radius 2 is 1.67 bits per heavy atom. The van der Waals surface area contributed by atoms with Crippen molar-refractivity contribution in [2.24, 2.45) is 0 Å². The normalized spacial score (nSPS) is 11.9. The van der Waals surface area contributed by atoms with E-state index >= 15 is 0 Å². The molecular weight excluding hydrogens is 141 g/mol. The van der Waals surface area contributed by atoms with Crippen LogP contribution >= 0.6 is 7.60 Å². The largest absolute Gasteiger partial charge is 0.327 e. The summed E-state index contributed by atoms with van der Waals surface area (Å²) in [6, 6.07) is 0. The van der Waals surface area contributed by atoms with Gasteiger partial charge in [-0.3, -0.25) is 4.57 Å². The average molecular weight is 154 g/mol. The van der Waals surface area contributed by atoms with Gasteiger partial charge in [0.2, 0.25) is 0 Å². The van der Waals surface area contributed by atoms with Gasteiger partial charge in [0.1, 0.15) is 0 Å². The molecule has 0 unspecified atom stereocenters. The van der Waals surface area contributed by atoms with E-state index in [-0.39, 0.29) is 0 Å². The minimum Gasteiger partial charge on any atom is -0.309 e. The van der Waals surface area contributed by atoms with Gasteiger partial charge in [-0.15, -0.1) is 0 Å². The Balaban J connectivity index is 3.58. The van der Waals surface area contributed by atoms with Crippen LogP contribution in [0.3, 0.4) is 0 Å². The summed E-state index contributed by atoms with van der Waals surface area (Å²) in [5, 5.41) is 0. The van der Waals surface area contributed by atoms with E-state index in [0.29, 0.717) is 13.2 Å². The summed E-state index contributed by atoms with van der Waals surface area (Å²) in [6.45, 7) is 5.92. The Labute approximate surface area is 55.9 Å². The Morgan fingerprint density at radius 3 is 1.89 bits per heavy atom. The maximum Gasteiger partial charge on any atom is 0.327 e. The van der Waals surface area contributed by atoms with Crippen LogP contribution in [0.25, 0.3) is 0 Å². The van der Waals surface area contributed by atoms with Crippen LogP contribution in [0, 0.1) is 0 Å². The van der Waals surface area contributed by atoms with Gasteiger partial charge in [-0.25, -0.2) is 0 Å². The monoisotopic (exact) mass is 154 g/mol. The third-order valence-electron chi connectivity index (χ3n) is 0.727. The number of rotatable bonds is 4. The van der Waals surface area contributed by atoms with Crippen molar-refractivity contribution in [3.63, 3.8) is 0 Å². The molecule has 0 aliphatic rings. The van der Waals surface area contributed by atoms with Gasteiger partial charge in [-0.2, -0.15) is 0 Å². The summed E-state index contributed by atoms with van der Waals surface area (Å²) in [5.41, 5.74) is 0. The molecule has 0 aromatic heterocycles. The summed E-state index contributed by atoms with van der Waals surface area (Å²) < 4.78 is 20.6. The van der Waals surface area contributed by atoms with E-state index in [9.17, 15) is 4.57 Å². The fourth-order valence-corrected chi connectivity index (χ4v) is 1.52. The Bertz CT molecular complexity index is 103. The summed E-state index contributed by atoms with van der Waals surface area (Å²) in [4.78, 5) is 0. The summed E-state index contributed by atoms with van der Waals surface area (Å²) in [7, 11) is -2.69. The van der Waals surface area contributed by atoms with Gasteiger partial charge in [-0.05, 0) is 13.8 Å². The van der Waals surface area contributed by atoms with Crippen molar-refractivity contribution in [1.29, 1.82) is 0 Å². The van der Waals surface area contributed by atoms with E-state index in [0.717, 1.165) is 0 Å². The second-order valence-corrected chi connectivity index (χ2v) is 3.67. The minimum absolute atomic E-state index is 0.438. The van der Waals surface area contributed by atoms with Crippen molar-refractivity contribution in [2.45, 2.75) is 13.8 Å². The highest BCUT2D eigenvalue weighted by Crippen LogP contribution is 2.43. The van der Waals surface area contributed by atoms with E-state index in [1.807, 2.05) is 0 Å². The molecule has 0 rings (SSSR count). The first-order chi connectivity index (χ1) is 4.12. The van der Waals surface area contributed by atoms with Crippen molar-refractivity contribution < 1.29 is 13.6 Å². The minimum atomic E-state index is -2.69. The molecule has 56 valence electrons. The van der Waals surface area contributed by atoms with E-state index in [1.54, 1.807) is 13.8 Å². The van der Waals surface area contributed by atoms with E-state index < -0.39 is 7.60 Å². The van der Waals surface area contributed by atoms with Crippen molar-refractivity contribution in [1.82, 2.24) is 0 Å². The van der Waals surface area contributed by atoms with Crippen LogP contribution in [0.15, 0.2) is 0 Å². The van der Waals surface area contributed by atoms with Gasteiger partial charge >= 0.3 is 7.60 Å². The molecule has 0 aliphatic carbocycles. The molecule has 0 N–H and O–H groups in total. The van der Waals surface area contributed by atoms with Crippen LogP contribution in [-0.4, -0.2) is 19.9 Å². The topological polar surface area (TPSA) is 35.5 Å². The molecule has 0 radical (unpaired) electrons. The van der Waals surface area contributed by atoms with E-state index in [1.165, 1.54) is 6.66 Å². The van der Waals surface area contributed by atoms with Crippen molar-refractivity contribution in [3.05, 3.63) is 0 Å². The Hall–Kier alpha value is 0.150. The van der Waals surface area contributed by atoms with Crippen LogP contribution in [0.2, 0.25) is 0 Å². The Kier molecular flexibility index (Phi) is 4.11. The lowest BCUT2D eigenvalue weighted by atomic mass is 10.9. The predicted octanol–water partition coefficient (Wildman–Crippen LogP) is 1.88. The highest BCUT2D eigenvalue weighted by molar-refractivity contribution is 7.52. The third-order valence-corrected chi connectivity index (χ3v) is 2.18. The highest BCUT2D eigenvalue weighted by Gasteiger charge is 2.13. The zero-order valence-corrected chi connectivity index (χ0v) is 6.98. The highest BCUT2D eigenvalue weighted by atomic mass is 31.2. The molecular formula is C5H13O3P. The maximum absolute atomic E-state index is 11.0. The first-order valence-corrected chi connectivity index (χ1v) is 4.98. The predicted molar refractivity (Wildman–Crippen MR) is 36.8 cm³/mol. The molecule has 0 aromatic rings. The standard InChI is InChI=1S/C5H13O3P/c1-4-7-9(3,6)8-5-2/h4-5H2,1-3H3/i3+2. The summed E-state index contributed by atoms with van der Waals surface area (Å²) in [6.07, 6.45) is 0. The van der Waals surface area contributed by atoms with Gasteiger partial charge < -0.3 is 9.05 Å². The van der Waals surface area contributed by atoms with Crippen molar-refractivity contribution in [2.75, 3.05) is 19.9 Å². The maximum atomic E-state index is 11.0. The molecule has 0 fully saturated rings. The lowest BCUT2D eigenvalue weighted by Crippen LogP contribution is -1.92. The number of hydrogen-bond acceptors (Lipinski definition) is 3. The molecule has 0 heterocycles. The fraction of sp³-hybridized carbons (Fsp3) is 1.00. The van der Waals surface area contributed by atoms with Gasteiger partial charge in [0.05, 0.1) is 13.2 Å². The zero-order chi connectivity index (χ0) is 7.33. The van der Waals surface area contributed by atoms with Gasteiger partial charge in [0.15, 0.2) is 0 Å².